The van der Waals surface area contributed by atoms with Crippen LogP contribution in [0.25, 0.3) is 0 Å². The molecule has 0 unspecified atom stereocenters. The van der Waals surface area contributed by atoms with Crippen molar-refractivity contribution in [3.63, 3.8) is 0 Å². The van der Waals surface area contributed by atoms with Crippen LogP contribution in [0.3, 0.4) is 0 Å². The third-order valence-corrected chi connectivity index (χ3v) is 1.44. The molecule has 0 aromatic rings. The van der Waals surface area contributed by atoms with Crippen LogP contribution in [0.5, 0.6) is 0 Å². The molecule has 50 valence electrons. The molecular formula is C6H8FNO. The molecule has 0 aromatic heterocycles. The third-order valence-electron chi connectivity index (χ3n) is 1.44. The summed E-state index contributed by atoms with van der Waals surface area (Å²) in [4.78, 5) is 0. The molecule has 2 nitrogen and oxygen atoms in total. The molecule has 0 spiro atoms. The van der Waals surface area contributed by atoms with Gasteiger partial charge in [-0.15, -0.1) is 0 Å². The average molecular weight is 129 g/mol. The van der Waals surface area contributed by atoms with Gasteiger partial charge in [-0.2, -0.15) is 5.26 Å². The highest BCUT2D eigenvalue weighted by atomic mass is 19.1. The van der Waals surface area contributed by atoms with E-state index in [0.717, 1.165) is 0 Å². The van der Waals surface area contributed by atoms with Crippen molar-refractivity contribution in [2.75, 3.05) is 13.2 Å². The summed E-state index contributed by atoms with van der Waals surface area (Å²) in [5.41, 5.74) is 0. The SMILES string of the molecule is N#C[C@@H]1COCC[C@H]1F. The highest BCUT2D eigenvalue weighted by molar-refractivity contribution is 4.90. The van der Waals surface area contributed by atoms with Crippen LogP contribution in [0, 0.1) is 17.2 Å². The van der Waals surface area contributed by atoms with Gasteiger partial charge in [0, 0.05) is 13.0 Å². The lowest BCUT2D eigenvalue weighted by molar-refractivity contribution is 0.0229. The Hall–Kier alpha value is -0.620. The van der Waals surface area contributed by atoms with Crippen LogP contribution >= 0.6 is 0 Å². The number of nitrogens with zero attached hydrogens (tertiary/aromatic N) is 1. The van der Waals surface area contributed by atoms with Crippen molar-refractivity contribution in [2.45, 2.75) is 12.6 Å². The number of hydrogen-bond acceptors (Lipinski definition) is 2. The van der Waals surface area contributed by atoms with Gasteiger partial charge in [0.05, 0.1) is 12.7 Å². The van der Waals surface area contributed by atoms with Crippen molar-refractivity contribution < 1.29 is 9.13 Å². The van der Waals surface area contributed by atoms with Crippen LogP contribution < -0.4 is 0 Å². The van der Waals surface area contributed by atoms with Crippen molar-refractivity contribution in [3.8, 4) is 6.07 Å². The zero-order valence-corrected chi connectivity index (χ0v) is 5.01. The van der Waals surface area contributed by atoms with Crippen LogP contribution in [0.4, 0.5) is 4.39 Å². The van der Waals surface area contributed by atoms with Crippen molar-refractivity contribution in [3.05, 3.63) is 0 Å². The van der Waals surface area contributed by atoms with Gasteiger partial charge in [-0.25, -0.2) is 4.39 Å². The van der Waals surface area contributed by atoms with E-state index in [1.807, 2.05) is 6.07 Å². The largest absolute Gasteiger partial charge is 0.380 e. The van der Waals surface area contributed by atoms with Crippen LogP contribution in [0.15, 0.2) is 0 Å². The summed E-state index contributed by atoms with van der Waals surface area (Å²) in [5.74, 6) is -0.529. The molecule has 0 saturated carbocycles. The molecule has 9 heavy (non-hydrogen) atoms. The minimum atomic E-state index is -0.969. The van der Waals surface area contributed by atoms with Crippen LogP contribution in [0.1, 0.15) is 6.42 Å². The van der Waals surface area contributed by atoms with Crippen molar-refractivity contribution >= 4 is 0 Å². The molecule has 1 saturated heterocycles. The van der Waals surface area contributed by atoms with Gasteiger partial charge in [0.2, 0.25) is 0 Å². The lowest BCUT2D eigenvalue weighted by atomic mass is 10.0. The first-order valence-electron chi connectivity index (χ1n) is 2.96. The second-order valence-corrected chi connectivity index (χ2v) is 2.12. The normalized spacial score (nSPS) is 35.6. The van der Waals surface area contributed by atoms with Gasteiger partial charge >= 0.3 is 0 Å². The molecule has 0 radical (unpaired) electrons. The Morgan fingerprint density at radius 2 is 2.44 bits per heavy atom. The Morgan fingerprint density at radius 3 is 2.89 bits per heavy atom. The van der Waals surface area contributed by atoms with Gasteiger partial charge in [0.1, 0.15) is 12.1 Å². The average Bonchev–Trinajstić information content (AvgIpc) is 1.89. The molecule has 0 N–H and O–H groups in total. The molecule has 1 aliphatic rings. The van der Waals surface area contributed by atoms with Gasteiger partial charge in [-0.1, -0.05) is 0 Å². The van der Waals surface area contributed by atoms with E-state index in [-0.39, 0.29) is 6.61 Å². The van der Waals surface area contributed by atoms with Gasteiger partial charge in [-0.05, 0) is 0 Å². The first-order valence-corrected chi connectivity index (χ1v) is 2.96. The second-order valence-electron chi connectivity index (χ2n) is 2.12. The second kappa shape index (κ2) is 2.79. The number of ether oxygens (including phenoxy) is 1. The fourth-order valence-electron chi connectivity index (χ4n) is 0.830. The summed E-state index contributed by atoms with van der Waals surface area (Å²) in [6, 6.07) is 1.85. The Labute approximate surface area is 53.2 Å². The van der Waals surface area contributed by atoms with E-state index in [1.54, 1.807) is 0 Å². The van der Waals surface area contributed by atoms with Gasteiger partial charge in [0.25, 0.3) is 0 Å². The first-order chi connectivity index (χ1) is 4.34. The molecule has 1 fully saturated rings. The minimum Gasteiger partial charge on any atom is -0.380 e. The van der Waals surface area contributed by atoms with E-state index in [4.69, 9.17) is 10.00 Å². The quantitative estimate of drug-likeness (QED) is 0.486. The monoisotopic (exact) mass is 129 g/mol. The van der Waals surface area contributed by atoms with Gasteiger partial charge in [0.15, 0.2) is 0 Å². The van der Waals surface area contributed by atoms with Crippen molar-refractivity contribution in [2.24, 2.45) is 5.92 Å². The minimum absolute atomic E-state index is 0.262. The Balaban J connectivity index is 2.41. The summed E-state index contributed by atoms with van der Waals surface area (Å²) in [7, 11) is 0. The van der Waals surface area contributed by atoms with Crippen LogP contribution in [0.2, 0.25) is 0 Å². The first kappa shape index (κ1) is 6.50. The molecule has 0 bridgehead atoms. The summed E-state index contributed by atoms with van der Waals surface area (Å²) in [5, 5.41) is 8.29. The number of halogens is 1. The number of rotatable bonds is 0. The fourth-order valence-corrected chi connectivity index (χ4v) is 0.830. The van der Waals surface area contributed by atoms with E-state index in [9.17, 15) is 4.39 Å². The smallest absolute Gasteiger partial charge is 0.120 e. The van der Waals surface area contributed by atoms with Crippen molar-refractivity contribution in [1.82, 2.24) is 0 Å². The molecular weight excluding hydrogens is 121 g/mol. The number of alkyl halides is 1. The standard InChI is InChI=1S/C6H8FNO/c7-6-1-2-9-4-5(6)3-8/h5-6H,1-2,4H2/t5-,6-/m1/s1. The van der Waals surface area contributed by atoms with E-state index >= 15 is 0 Å². The van der Waals surface area contributed by atoms with E-state index < -0.39 is 12.1 Å². The lowest BCUT2D eigenvalue weighted by Gasteiger charge is -2.19. The van der Waals surface area contributed by atoms with E-state index in [2.05, 4.69) is 0 Å². The highest BCUT2D eigenvalue weighted by Crippen LogP contribution is 2.16. The van der Waals surface area contributed by atoms with Gasteiger partial charge in [-0.3, -0.25) is 0 Å². The Bertz CT molecular complexity index is 132. The molecule has 1 rings (SSSR count). The maximum absolute atomic E-state index is 12.5. The van der Waals surface area contributed by atoms with E-state index in [0.29, 0.717) is 13.0 Å². The lowest BCUT2D eigenvalue weighted by Crippen LogP contribution is -2.27. The maximum atomic E-state index is 12.5. The van der Waals surface area contributed by atoms with Gasteiger partial charge < -0.3 is 4.74 Å². The summed E-state index contributed by atoms with van der Waals surface area (Å²) in [6.07, 6.45) is -0.596. The Kier molecular flexibility index (Phi) is 2.01. The summed E-state index contributed by atoms with van der Waals surface area (Å²) in [6.45, 7) is 0.719. The summed E-state index contributed by atoms with van der Waals surface area (Å²) >= 11 is 0. The molecule has 1 heterocycles. The van der Waals surface area contributed by atoms with Crippen LogP contribution in [-0.2, 0) is 4.74 Å². The van der Waals surface area contributed by atoms with Crippen LogP contribution in [-0.4, -0.2) is 19.4 Å². The third kappa shape index (κ3) is 1.39. The zero-order chi connectivity index (χ0) is 6.69. The van der Waals surface area contributed by atoms with E-state index in [1.165, 1.54) is 0 Å². The summed E-state index contributed by atoms with van der Waals surface area (Å²) < 4.78 is 17.4. The topological polar surface area (TPSA) is 33.0 Å². The van der Waals surface area contributed by atoms with Crippen molar-refractivity contribution in [1.29, 1.82) is 5.26 Å². The molecule has 0 amide bonds. The number of nitriles is 1. The Morgan fingerprint density at radius 1 is 1.67 bits per heavy atom. The molecule has 2 atom stereocenters. The zero-order valence-electron chi connectivity index (χ0n) is 5.01. The predicted octanol–water partition coefficient (Wildman–Crippen LogP) is 0.885. The molecule has 1 aliphatic heterocycles. The molecule has 3 heteroatoms. The maximum Gasteiger partial charge on any atom is 0.120 e. The molecule has 0 aromatic carbocycles. The fraction of sp³-hybridized carbons (Fsp3) is 0.833. The predicted molar refractivity (Wildman–Crippen MR) is 29.4 cm³/mol. The molecule has 0 aliphatic carbocycles. The highest BCUT2D eigenvalue weighted by Gasteiger charge is 2.24. The number of hydrogen-bond donors (Lipinski definition) is 0.